The summed E-state index contributed by atoms with van der Waals surface area (Å²) in [6, 6.07) is 5.25. The van der Waals surface area contributed by atoms with Crippen molar-refractivity contribution in [1.82, 2.24) is 9.80 Å². The van der Waals surface area contributed by atoms with Crippen LogP contribution in [0.5, 0.6) is 0 Å². The maximum absolute atomic E-state index is 12.9. The fraction of sp³-hybridized carbons (Fsp3) is 0.611. The van der Waals surface area contributed by atoms with Crippen molar-refractivity contribution in [2.24, 2.45) is 5.92 Å². The predicted molar refractivity (Wildman–Crippen MR) is 97.5 cm³/mol. The quantitative estimate of drug-likeness (QED) is 0.744. The van der Waals surface area contributed by atoms with Crippen molar-refractivity contribution < 1.29 is 4.79 Å². The van der Waals surface area contributed by atoms with Crippen LogP contribution in [-0.4, -0.2) is 48.4 Å². The molecule has 0 saturated carbocycles. The van der Waals surface area contributed by atoms with Crippen LogP contribution in [0.3, 0.4) is 0 Å². The highest BCUT2D eigenvalue weighted by Crippen LogP contribution is 2.25. The van der Waals surface area contributed by atoms with Crippen molar-refractivity contribution in [1.29, 1.82) is 0 Å². The van der Waals surface area contributed by atoms with Crippen LogP contribution in [0.25, 0.3) is 0 Å². The highest BCUT2D eigenvalue weighted by molar-refractivity contribution is 6.36. The number of carbonyl (C=O) groups excluding carboxylic acids is 1. The molecule has 2 atom stereocenters. The highest BCUT2D eigenvalue weighted by Gasteiger charge is 2.29. The van der Waals surface area contributed by atoms with Gasteiger partial charge in [-0.2, -0.15) is 0 Å². The number of amides is 1. The topological polar surface area (TPSA) is 23.6 Å². The van der Waals surface area contributed by atoms with Gasteiger partial charge < -0.3 is 9.80 Å². The number of hydrogen-bond donors (Lipinski definition) is 0. The Morgan fingerprint density at radius 2 is 1.96 bits per heavy atom. The fourth-order valence-corrected chi connectivity index (χ4v) is 3.68. The molecule has 23 heavy (non-hydrogen) atoms. The van der Waals surface area contributed by atoms with E-state index in [1.807, 2.05) is 11.9 Å². The molecule has 0 aromatic heterocycles. The molecule has 0 bridgehead atoms. The lowest BCUT2D eigenvalue weighted by molar-refractivity contribution is 0.0627. The van der Waals surface area contributed by atoms with E-state index < -0.39 is 0 Å². The Hall–Kier alpha value is -0.770. The minimum absolute atomic E-state index is 0.0313. The van der Waals surface area contributed by atoms with Crippen molar-refractivity contribution in [2.45, 2.75) is 39.2 Å². The number of nitrogens with zero attached hydrogens (tertiary/aromatic N) is 2. The molecule has 1 fully saturated rings. The zero-order chi connectivity index (χ0) is 17.0. The van der Waals surface area contributed by atoms with Gasteiger partial charge in [-0.3, -0.25) is 4.79 Å². The molecule has 3 nitrogen and oxygen atoms in total. The highest BCUT2D eigenvalue weighted by atomic mass is 35.5. The van der Waals surface area contributed by atoms with Crippen LogP contribution in [0, 0.1) is 5.92 Å². The van der Waals surface area contributed by atoms with E-state index in [0.29, 0.717) is 21.5 Å². The van der Waals surface area contributed by atoms with Crippen LogP contribution < -0.4 is 0 Å². The first-order valence-electron chi connectivity index (χ1n) is 8.38. The van der Waals surface area contributed by atoms with Crippen molar-refractivity contribution in [3.63, 3.8) is 0 Å². The molecule has 1 aliphatic heterocycles. The molecule has 0 radical (unpaired) electrons. The zero-order valence-electron chi connectivity index (χ0n) is 14.2. The maximum atomic E-state index is 12.9. The second-order valence-electron chi connectivity index (χ2n) is 6.50. The molecule has 0 aliphatic carbocycles. The Balaban J connectivity index is 2.17. The van der Waals surface area contributed by atoms with E-state index in [9.17, 15) is 4.79 Å². The van der Waals surface area contributed by atoms with Gasteiger partial charge in [0.05, 0.1) is 10.6 Å². The summed E-state index contributed by atoms with van der Waals surface area (Å²) in [4.78, 5) is 17.2. The van der Waals surface area contributed by atoms with Crippen molar-refractivity contribution in [2.75, 3.05) is 26.7 Å². The van der Waals surface area contributed by atoms with E-state index >= 15 is 0 Å². The molecule has 128 valence electrons. The molecule has 0 unspecified atom stereocenters. The van der Waals surface area contributed by atoms with Gasteiger partial charge in [-0.25, -0.2) is 0 Å². The second-order valence-corrected chi connectivity index (χ2v) is 7.34. The molecule has 1 heterocycles. The van der Waals surface area contributed by atoms with E-state index in [1.165, 1.54) is 12.8 Å². The zero-order valence-corrected chi connectivity index (χ0v) is 15.7. The Bertz CT molecular complexity index is 544. The van der Waals surface area contributed by atoms with Crippen LogP contribution in [0.1, 0.15) is 43.5 Å². The average Bonchev–Trinajstić information content (AvgIpc) is 3.03. The summed E-state index contributed by atoms with van der Waals surface area (Å²) in [6.45, 7) is 7.60. The van der Waals surface area contributed by atoms with Gasteiger partial charge in [0.2, 0.25) is 0 Å². The smallest absolute Gasteiger partial charge is 0.255 e. The van der Waals surface area contributed by atoms with E-state index in [-0.39, 0.29) is 11.9 Å². The van der Waals surface area contributed by atoms with Gasteiger partial charge in [-0.15, -0.1) is 0 Å². The molecule has 1 amide bonds. The van der Waals surface area contributed by atoms with Gasteiger partial charge in [0.25, 0.3) is 5.91 Å². The van der Waals surface area contributed by atoms with Crippen LogP contribution >= 0.6 is 23.2 Å². The van der Waals surface area contributed by atoms with E-state index in [1.54, 1.807) is 18.2 Å². The number of rotatable bonds is 6. The van der Waals surface area contributed by atoms with Gasteiger partial charge >= 0.3 is 0 Å². The largest absolute Gasteiger partial charge is 0.337 e. The number of halogens is 2. The Morgan fingerprint density at radius 3 is 2.52 bits per heavy atom. The molecule has 0 N–H and O–H groups in total. The standard InChI is InChI=1S/C18H26Cl2N2O/c1-4-13(2)17(12-22-9-5-6-10-22)21(3)18(23)15-8-7-14(19)11-16(15)20/h7-8,11,13,17H,4-6,9-10,12H2,1-3H3/t13-,17+/m0/s1. The van der Waals surface area contributed by atoms with Gasteiger partial charge in [0, 0.05) is 24.7 Å². The lowest BCUT2D eigenvalue weighted by Gasteiger charge is -2.35. The first kappa shape index (κ1) is 18.6. The van der Waals surface area contributed by atoms with Crippen molar-refractivity contribution in [3.8, 4) is 0 Å². The van der Waals surface area contributed by atoms with E-state index in [2.05, 4.69) is 18.7 Å². The van der Waals surface area contributed by atoms with Crippen molar-refractivity contribution >= 4 is 29.1 Å². The summed E-state index contributed by atoms with van der Waals surface area (Å²) in [5.74, 6) is 0.409. The SMILES string of the molecule is CC[C@H](C)[C@@H](CN1CCCC1)N(C)C(=O)c1ccc(Cl)cc1Cl. The number of benzene rings is 1. The summed E-state index contributed by atoms with van der Waals surface area (Å²) in [6.07, 6.45) is 3.56. The lowest BCUT2D eigenvalue weighted by atomic mass is 9.96. The third kappa shape index (κ3) is 4.62. The summed E-state index contributed by atoms with van der Waals surface area (Å²) in [7, 11) is 1.89. The van der Waals surface area contributed by atoms with Gasteiger partial charge in [-0.05, 0) is 50.0 Å². The Kier molecular flexibility index (Phi) is 6.75. The summed E-state index contributed by atoms with van der Waals surface area (Å²) in [5, 5.41) is 0.961. The molecule has 1 aromatic rings. The number of carbonyl (C=O) groups is 1. The maximum Gasteiger partial charge on any atom is 0.255 e. The summed E-state index contributed by atoms with van der Waals surface area (Å²) in [5.41, 5.74) is 0.522. The van der Waals surface area contributed by atoms with E-state index in [4.69, 9.17) is 23.2 Å². The number of likely N-dealkylation sites (N-methyl/N-ethyl adjacent to an activating group) is 1. The third-order valence-electron chi connectivity index (χ3n) is 4.92. The van der Waals surface area contributed by atoms with Crippen molar-refractivity contribution in [3.05, 3.63) is 33.8 Å². The average molecular weight is 357 g/mol. The molecule has 1 saturated heterocycles. The summed E-state index contributed by atoms with van der Waals surface area (Å²) >= 11 is 12.1. The minimum atomic E-state index is -0.0313. The predicted octanol–water partition coefficient (Wildman–Crippen LogP) is 4.58. The Morgan fingerprint density at radius 1 is 1.30 bits per heavy atom. The van der Waals surface area contributed by atoms with Crippen LogP contribution in [0.4, 0.5) is 0 Å². The first-order chi connectivity index (χ1) is 10.9. The normalized spacial score (nSPS) is 18.0. The van der Waals surface area contributed by atoms with Crippen LogP contribution in [0.15, 0.2) is 18.2 Å². The minimum Gasteiger partial charge on any atom is -0.337 e. The molecule has 5 heteroatoms. The fourth-order valence-electron chi connectivity index (χ4n) is 3.19. The molecule has 2 rings (SSSR count). The van der Waals surface area contributed by atoms with Crippen LogP contribution in [0.2, 0.25) is 10.0 Å². The monoisotopic (exact) mass is 356 g/mol. The molecular formula is C18H26Cl2N2O. The molecule has 1 aliphatic rings. The van der Waals surface area contributed by atoms with Crippen LogP contribution in [-0.2, 0) is 0 Å². The Labute approximate surface area is 149 Å². The third-order valence-corrected chi connectivity index (χ3v) is 5.47. The van der Waals surface area contributed by atoms with E-state index in [0.717, 1.165) is 26.1 Å². The van der Waals surface area contributed by atoms with Gasteiger partial charge in [0.1, 0.15) is 0 Å². The molecule has 1 aromatic carbocycles. The molecule has 0 spiro atoms. The first-order valence-corrected chi connectivity index (χ1v) is 9.14. The van der Waals surface area contributed by atoms with Gasteiger partial charge in [-0.1, -0.05) is 43.5 Å². The molecular weight excluding hydrogens is 331 g/mol. The lowest BCUT2D eigenvalue weighted by Crippen LogP contribution is -2.47. The van der Waals surface area contributed by atoms with Gasteiger partial charge in [0.15, 0.2) is 0 Å². The number of likely N-dealkylation sites (tertiary alicyclic amines) is 1. The number of hydrogen-bond acceptors (Lipinski definition) is 2. The summed E-state index contributed by atoms with van der Waals surface area (Å²) < 4.78 is 0. The second kappa shape index (κ2) is 8.36.